The van der Waals surface area contributed by atoms with Crippen molar-refractivity contribution in [2.45, 2.75) is 31.9 Å². The lowest BCUT2D eigenvalue weighted by molar-refractivity contribution is -0.117. The molecule has 1 aliphatic carbocycles. The molecule has 0 radical (unpaired) electrons. The van der Waals surface area contributed by atoms with Crippen molar-refractivity contribution in [1.29, 1.82) is 0 Å². The first-order chi connectivity index (χ1) is 15.0. The second kappa shape index (κ2) is 9.77. The Kier molecular flexibility index (Phi) is 6.85. The van der Waals surface area contributed by atoms with Crippen LogP contribution in [0.25, 0.3) is 11.1 Å². The van der Waals surface area contributed by atoms with E-state index in [-0.39, 0.29) is 17.9 Å². The van der Waals surface area contributed by atoms with Crippen molar-refractivity contribution in [3.05, 3.63) is 42.1 Å². The van der Waals surface area contributed by atoms with Gasteiger partial charge in [0.25, 0.3) is 0 Å². The van der Waals surface area contributed by atoms with Gasteiger partial charge in [-0.2, -0.15) is 0 Å². The van der Waals surface area contributed by atoms with E-state index in [9.17, 15) is 4.79 Å². The summed E-state index contributed by atoms with van der Waals surface area (Å²) in [5.74, 6) is 1.99. The molecule has 1 amide bonds. The summed E-state index contributed by atoms with van der Waals surface area (Å²) < 4.78 is 11.6. The summed E-state index contributed by atoms with van der Waals surface area (Å²) in [6.07, 6.45) is 4.64. The normalized spacial score (nSPS) is 21.2. The maximum Gasteiger partial charge on any atom is 0.228 e. The first kappa shape index (κ1) is 21.7. The van der Waals surface area contributed by atoms with E-state index >= 15 is 0 Å². The van der Waals surface area contributed by atoms with Crippen LogP contribution in [0.2, 0.25) is 0 Å². The van der Waals surface area contributed by atoms with Gasteiger partial charge in [-0.1, -0.05) is 6.07 Å². The number of nitrogens with one attached hydrogen (secondary N) is 1. The third-order valence-electron chi connectivity index (χ3n) is 5.95. The molecule has 1 aromatic carbocycles. The van der Waals surface area contributed by atoms with E-state index in [0.29, 0.717) is 18.3 Å². The van der Waals surface area contributed by atoms with Crippen LogP contribution >= 0.6 is 0 Å². The van der Waals surface area contributed by atoms with Crippen LogP contribution in [0.4, 0.5) is 5.82 Å². The average molecular weight is 425 g/mol. The standard InChI is InChI=1S/C24H32N4O3/c1-28(2)15-19-12-21(19)24(29)27-23-13-17(5-8-26-23)16-3-4-22(18(11-16)14-25)31-20-6-9-30-10-7-20/h3-5,8,11,13,19-21H,6-7,9-10,12,14-15,25H2,1-2H3,(H,26,27,29)/t19-,21+/m0/s1. The van der Waals surface area contributed by atoms with Gasteiger partial charge in [-0.05, 0) is 61.8 Å². The number of pyridine rings is 1. The summed E-state index contributed by atoms with van der Waals surface area (Å²) in [6, 6.07) is 9.93. The quantitative estimate of drug-likeness (QED) is 0.677. The Labute approximate surface area is 183 Å². The van der Waals surface area contributed by atoms with Crippen LogP contribution in [-0.4, -0.2) is 55.7 Å². The predicted molar refractivity (Wildman–Crippen MR) is 121 cm³/mol. The highest BCUT2D eigenvalue weighted by Gasteiger charge is 2.43. The summed E-state index contributed by atoms with van der Waals surface area (Å²) in [7, 11) is 4.07. The van der Waals surface area contributed by atoms with E-state index in [1.54, 1.807) is 6.20 Å². The topological polar surface area (TPSA) is 89.7 Å². The first-order valence-corrected chi connectivity index (χ1v) is 11.0. The van der Waals surface area contributed by atoms with E-state index in [4.69, 9.17) is 15.2 Å². The highest BCUT2D eigenvalue weighted by Crippen LogP contribution is 2.39. The molecular formula is C24H32N4O3. The van der Waals surface area contributed by atoms with Crippen LogP contribution in [0, 0.1) is 11.8 Å². The number of benzene rings is 1. The number of ether oxygens (including phenoxy) is 2. The molecule has 1 saturated heterocycles. The van der Waals surface area contributed by atoms with Crippen LogP contribution in [0.5, 0.6) is 5.75 Å². The molecule has 31 heavy (non-hydrogen) atoms. The number of hydrogen-bond acceptors (Lipinski definition) is 6. The summed E-state index contributed by atoms with van der Waals surface area (Å²) in [5, 5.41) is 2.98. The van der Waals surface area contributed by atoms with E-state index in [2.05, 4.69) is 21.3 Å². The Balaban J connectivity index is 1.44. The van der Waals surface area contributed by atoms with E-state index in [1.807, 2.05) is 38.4 Å². The molecule has 7 heteroatoms. The summed E-state index contributed by atoms with van der Waals surface area (Å²) in [4.78, 5) is 19.0. The third-order valence-corrected chi connectivity index (χ3v) is 5.95. The van der Waals surface area contributed by atoms with Crippen LogP contribution < -0.4 is 15.8 Å². The molecule has 2 heterocycles. The van der Waals surface area contributed by atoms with Gasteiger partial charge in [0.1, 0.15) is 17.7 Å². The minimum absolute atomic E-state index is 0.0550. The number of carbonyl (C=O) groups is 1. The molecule has 1 saturated carbocycles. The maximum absolute atomic E-state index is 12.5. The van der Waals surface area contributed by atoms with Crippen molar-refractivity contribution in [1.82, 2.24) is 9.88 Å². The Morgan fingerprint density at radius 2 is 2.00 bits per heavy atom. The van der Waals surface area contributed by atoms with E-state index in [0.717, 1.165) is 61.5 Å². The molecule has 3 N–H and O–H groups in total. The zero-order chi connectivity index (χ0) is 21.8. The van der Waals surface area contributed by atoms with Crippen LogP contribution in [0.3, 0.4) is 0 Å². The molecule has 0 unspecified atom stereocenters. The van der Waals surface area contributed by atoms with Gasteiger partial charge in [-0.15, -0.1) is 0 Å². The Hall–Kier alpha value is -2.48. The first-order valence-electron chi connectivity index (χ1n) is 11.0. The third kappa shape index (κ3) is 5.61. The van der Waals surface area contributed by atoms with Crippen LogP contribution in [0.1, 0.15) is 24.8 Å². The smallest absolute Gasteiger partial charge is 0.228 e. The molecular weight excluding hydrogens is 392 g/mol. The van der Waals surface area contributed by atoms with E-state index < -0.39 is 0 Å². The highest BCUT2D eigenvalue weighted by molar-refractivity contribution is 5.94. The molecule has 0 spiro atoms. The zero-order valence-electron chi connectivity index (χ0n) is 18.3. The number of rotatable bonds is 8. The van der Waals surface area contributed by atoms with Gasteiger partial charge in [-0.3, -0.25) is 4.79 Å². The molecule has 4 rings (SSSR count). The van der Waals surface area contributed by atoms with E-state index in [1.165, 1.54) is 0 Å². The van der Waals surface area contributed by atoms with Crippen molar-refractivity contribution in [2.24, 2.45) is 17.6 Å². The van der Waals surface area contributed by atoms with Gasteiger partial charge in [0.15, 0.2) is 0 Å². The number of anilines is 1. The van der Waals surface area contributed by atoms with Gasteiger partial charge in [0, 0.05) is 43.6 Å². The summed E-state index contributed by atoms with van der Waals surface area (Å²) in [6.45, 7) is 2.82. The van der Waals surface area contributed by atoms with Gasteiger partial charge in [-0.25, -0.2) is 4.98 Å². The molecule has 2 aliphatic rings. The lowest BCUT2D eigenvalue weighted by atomic mass is 10.0. The zero-order valence-corrected chi connectivity index (χ0v) is 18.3. The molecule has 2 atom stereocenters. The molecule has 1 aromatic heterocycles. The number of nitrogens with zero attached hydrogens (tertiary/aromatic N) is 2. The number of hydrogen-bond donors (Lipinski definition) is 2. The fraction of sp³-hybridized carbons (Fsp3) is 0.500. The lowest BCUT2D eigenvalue weighted by Gasteiger charge is -2.24. The Bertz CT molecular complexity index is 911. The molecule has 7 nitrogen and oxygen atoms in total. The number of carbonyl (C=O) groups excluding carboxylic acids is 1. The van der Waals surface area contributed by atoms with Gasteiger partial charge < -0.3 is 25.4 Å². The van der Waals surface area contributed by atoms with Gasteiger partial charge in [0.2, 0.25) is 5.91 Å². The van der Waals surface area contributed by atoms with Crippen molar-refractivity contribution >= 4 is 11.7 Å². The number of nitrogens with two attached hydrogens (primary N) is 1. The summed E-state index contributed by atoms with van der Waals surface area (Å²) >= 11 is 0. The van der Waals surface area contributed by atoms with Crippen LogP contribution in [0.15, 0.2) is 36.5 Å². The minimum Gasteiger partial charge on any atom is -0.490 e. The highest BCUT2D eigenvalue weighted by atomic mass is 16.5. The van der Waals surface area contributed by atoms with Crippen molar-refractivity contribution in [3.8, 4) is 16.9 Å². The van der Waals surface area contributed by atoms with Crippen molar-refractivity contribution in [3.63, 3.8) is 0 Å². The monoisotopic (exact) mass is 424 g/mol. The Morgan fingerprint density at radius 1 is 1.23 bits per heavy atom. The van der Waals surface area contributed by atoms with Gasteiger partial charge >= 0.3 is 0 Å². The lowest BCUT2D eigenvalue weighted by Crippen LogP contribution is -2.26. The Morgan fingerprint density at radius 3 is 2.74 bits per heavy atom. The maximum atomic E-state index is 12.5. The molecule has 0 bridgehead atoms. The molecule has 166 valence electrons. The number of aromatic nitrogens is 1. The largest absolute Gasteiger partial charge is 0.490 e. The molecule has 2 fully saturated rings. The predicted octanol–water partition coefficient (Wildman–Crippen LogP) is 2.90. The fourth-order valence-corrected chi connectivity index (χ4v) is 4.14. The van der Waals surface area contributed by atoms with Crippen molar-refractivity contribution < 1.29 is 14.3 Å². The summed E-state index contributed by atoms with van der Waals surface area (Å²) in [5.41, 5.74) is 8.98. The second-order valence-electron chi connectivity index (χ2n) is 8.74. The second-order valence-corrected chi connectivity index (χ2v) is 8.74. The van der Waals surface area contributed by atoms with Crippen molar-refractivity contribution in [2.75, 3.05) is 39.2 Å². The molecule has 2 aromatic rings. The average Bonchev–Trinajstić information content (AvgIpc) is 3.53. The SMILES string of the molecule is CN(C)C[C@@H]1C[C@H]1C(=O)Nc1cc(-c2ccc(OC3CCOCC3)c(CN)c2)ccn1. The number of amides is 1. The van der Waals surface area contributed by atoms with Crippen LogP contribution in [-0.2, 0) is 16.1 Å². The fourth-order valence-electron chi connectivity index (χ4n) is 4.14. The minimum atomic E-state index is 0.0550. The molecule has 1 aliphatic heterocycles. The van der Waals surface area contributed by atoms with Gasteiger partial charge in [0.05, 0.1) is 13.2 Å².